The van der Waals surface area contributed by atoms with Crippen molar-refractivity contribution in [1.82, 2.24) is 15.0 Å². The fraction of sp³-hybridized carbons (Fsp3) is 0.0526. The summed E-state index contributed by atoms with van der Waals surface area (Å²) in [6, 6.07) is 12.9. The number of benzene rings is 1. The van der Waals surface area contributed by atoms with E-state index in [1.807, 2.05) is 24.3 Å². The van der Waals surface area contributed by atoms with Gasteiger partial charge in [0.25, 0.3) is 5.91 Å². The Kier molecular flexibility index (Phi) is 5.33. The van der Waals surface area contributed by atoms with Gasteiger partial charge in [-0.2, -0.15) is 0 Å². The van der Waals surface area contributed by atoms with Crippen molar-refractivity contribution in [1.29, 1.82) is 0 Å². The lowest BCUT2D eigenvalue weighted by molar-refractivity contribution is 0.102. The Bertz CT molecular complexity index is 1100. The summed E-state index contributed by atoms with van der Waals surface area (Å²) < 4.78 is 0.927. The van der Waals surface area contributed by atoms with Gasteiger partial charge in [0.2, 0.25) is 0 Å². The third-order valence-electron chi connectivity index (χ3n) is 3.71. The van der Waals surface area contributed by atoms with Crippen LogP contribution in [0.1, 0.15) is 15.9 Å². The first-order valence-corrected chi connectivity index (χ1v) is 10.2. The summed E-state index contributed by atoms with van der Waals surface area (Å²) >= 11 is 8.91. The molecule has 0 fully saturated rings. The van der Waals surface area contributed by atoms with Gasteiger partial charge in [0, 0.05) is 29.4 Å². The molecule has 0 aliphatic rings. The molecule has 0 spiro atoms. The summed E-state index contributed by atoms with van der Waals surface area (Å²) in [7, 11) is 0. The van der Waals surface area contributed by atoms with Crippen LogP contribution in [0, 0.1) is 0 Å². The van der Waals surface area contributed by atoms with Crippen LogP contribution >= 0.6 is 34.7 Å². The number of carbonyl (C=O) groups excluding carboxylic acids is 1. The second kappa shape index (κ2) is 8.04. The van der Waals surface area contributed by atoms with Gasteiger partial charge >= 0.3 is 0 Å². The molecule has 3 aromatic heterocycles. The van der Waals surface area contributed by atoms with E-state index in [9.17, 15) is 4.79 Å². The van der Waals surface area contributed by atoms with Crippen LogP contribution in [-0.2, 0) is 5.75 Å². The van der Waals surface area contributed by atoms with Crippen molar-refractivity contribution >= 4 is 56.0 Å². The van der Waals surface area contributed by atoms with Crippen LogP contribution in [0.15, 0.2) is 66.1 Å². The summed E-state index contributed by atoms with van der Waals surface area (Å²) in [4.78, 5) is 25.6. The number of pyridine rings is 2. The van der Waals surface area contributed by atoms with Gasteiger partial charge in [-0.15, -0.1) is 11.8 Å². The lowest BCUT2D eigenvalue weighted by Crippen LogP contribution is -2.13. The average molecular weight is 413 g/mol. The molecule has 0 aliphatic carbocycles. The summed E-state index contributed by atoms with van der Waals surface area (Å²) in [6.45, 7) is 0. The van der Waals surface area contributed by atoms with Crippen LogP contribution < -0.4 is 5.32 Å². The Hall–Kier alpha value is -2.48. The second-order valence-electron chi connectivity index (χ2n) is 5.59. The zero-order valence-electron chi connectivity index (χ0n) is 13.9. The van der Waals surface area contributed by atoms with Gasteiger partial charge in [0.1, 0.15) is 5.03 Å². The summed E-state index contributed by atoms with van der Waals surface area (Å²) in [5.41, 5.74) is 2.45. The van der Waals surface area contributed by atoms with Crippen molar-refractivity contribution in [2.24, 2.45) is 0 Å². The lowest BCUT2D eigenvalue weighted by Gasteiger charge is -2.07. The minimum Gasteiger partial charge on any atom is -0.298 e. The Morgan fingerprint density at radius 2 is 2.00 bits per heavy atom. The number of thioether (sulfide) groups is 1. The van der Waals surface area contributed by atoms with Gasteiger partial charge in [0.15, 0.2) is 5.13 Å². The number of hydrogen-bond acceptors (Lipinski definition) is 6. The van der Waals surface area contributed by atoms with Crippen molar-refractivity contribution in [3.05, 3.63) is 77.2 Å². The van der Waals surface area contributed by atoms with E-state index in [0.29, 0.717) is 26.5 Å². The Balaban J connectivity index is 1.52. The Labute approximate surface area is 168 Å². The third kappa shape index (κ3) is 4.27. The lowest BCUT2D eigenvalue weighted by atomic mass is 10.3. The topological polar surface area (TPSA) is 67.8 Å². The molecule has 0 unspecified atom stereocenters. The minimum absolute atomic E-state index is 0.231. The largest absolute Gasteiger partial charge is 0.298 e. The molecule has 3 heterocycles. The SMILES string of the molecule is O=C(Nc1nc2ccc(Cl)cc2s1)c1cccnc1SCc1ccncc1. The molecule has 4 aromatic rings. The highest BCUT2D eigenvalue weighted by atomic mass is 35.5. The fourth-order valence-corrected chi connectivity index (χ4v) is 4.51. The molecular weight excluding hydrogens is 400 g/mol. The van der Waals surface area contributed by atoms with E-state index < -0.39 is 0 Å². The van der Waals surface area contributed by atoms with Gasteiger partial charge in [0.05, 0.1) is 15.8 Å². The summed E-state index contributed by atoms with van der Waals surface area (Å²) in [6.07, 6.45) is 5.19. The fourth-order valence-electron chi connectivity index (χ4n) is 2.43. The van der Waals surface area contributed by atoms with Crippen LogP contribution in [-0.4, -0.2) is 20.9 Å². The molecule has 0 saturated carbocycles. The quantitative estimate of drug-likeness (QED) is 0.451. The molecule has 134 valence electrons. The van der Waals surface area contributed by atoms with Crippen LogP contribution in [0.25, 0.3) is 10.2 Å². The van der Waals surface area contributed by atoms with Crippen molar-refractivity contribution in [3.8, 4) is 0 Å². The molecule has 8 heteroatoms. The molecular formula is C19H13ClN4OS2. The predicted octanol–water partition coefficient (Wildman–Crippen LogP) is 5.28. The van der Waals surface area contributed by atoms with Crippen LogP contribution in [0.4, 0.5) is 5.13 Å². The van der Waals surface area contributed by atoms with Gasteiger partial charge in [-0.05, 0) is 48.0 Å². The number of nitrogens with one attached hydrogen (secondary N) is 1. The Morgan fingerprint density at radius 3 is 2.85 bits per heavy atom. The van der Waals surface area contributed by atoms with Gasteiger partial charge in [-0.1, -0.05) is 22.9 Å². The van der Waals surface area contributed by atoms with Gasteiger partial charge < -0.3 is 0 Å². The molecule has 0 saturated heterocycles. The van der Waals surface area contributed by atoms with E-state index in [1.54, 1.807) is 36.8 Å². The zero-order chi connectivity index (χ0) is 18.6. The standard InChI is InChI=1S/C19H13ClN4OS2/c20-13-3-4-15-16(10-13)27-19(23-15)24-17(25)14-2-1-7-22-18(14)26-11-12-5-8-21-9-6-12/h1-10H,11H2,(H,23,24,25). The third-order valence-corrected chi connectivity index (χ3v) is 5.96. The van der Waals surface area contributed by atoms with Crippen molar-refractivity contribution in [2.75, 3.05) is 5.32 Å². The molecule has 27 heavy (non-hydrogen) atoms. The van der Waals surface area contributed by atoms with Crippen molar-refractivity contribution in [2.45, 2.75) is 10.8 Å². The molecule has 5 nitrogen and oxygen atoms in total. The molecule has 0 bridgehead atoms. The van der Waals surface area contributed by atoms with E-state index in [1.165, 1.54) is 23.1 Å². The van der Waals surface area contributed by atoms with E-state index in [0.717, 1.165) is 15.8 Å². The number of aromatic nitrogens is 3. The minimum atomic E-state index is -0.231. The number of halogens is 1. The zero-order valence-corrected chi connectivity index (χ0v) is 16.3. The first-order chi connectivity index (χ1) is 13.2. The normalized spacial score (nSPS) is 10.9. The Morgan fingerprint density at radius 1 is 1.15 bits per heavy atom. The molecule has 1 aromatic carbocycles. The number of amides is 1. The average Bonchev–Trinajstić information content (AvgIpc) is 3.08. The van der Waals surface area contributed by atoms with E-state index in [2.05, 4.69) is 20.3 Å². The number of rotatable bonds is 5. The number of fused-ring (bicyclic) bond motifs is 1. The molecule has 1 amide bonds. The number of hydrogen-bond donors (Lipinski definition) is 1. The second-order valence-corrected chi connectivity index (χ2v) is 8.02. The number of thiazole rings is 1. The van der Waals surface area contributed by atoms with Crippen LogP contribution in [0.3, 0.4) is 0 Å². The van der Waals surface area contributed by atoms with E-state index in [-0.39, 0.29) is 5.91 Å². The van der Waals surface area contributed by atoms with Gasteiger partial charge in [-0.25, -0.2) is 9.97 Å². The van der Waals surface area contributed by atoms with E-state index >= 15 is 0 Å². The van der Waals surface area contributed by atoms with Crippen molar-refractivity contribution in [3.63, 3.8) is 0 Å². The molecule has 0 atom stereocenters. The first-order valence-electron chi connectivity index (χ1n) is 8.03. The maximum absolute atomic E-state index is 12.8. The maximum Gasteiger partial charge on any atom is 0.260 e. The predicted molar refractivity (Wildman–Crippen MR) is 111 cm³/mol. The maximum atomic E-state index is 12.8. The van der Waals surface area contributed by atoms with Crippen LogP contribution in [0.5, 0.6) is 0 Å². The first kappa shape index (κ1) is 17.9. The summed E-state index contributed by atoms with van der Waals surface area (Å²) in [5.74, 6) is 0.477. The summed E-state index contributed by atoms with van der Waals surface area (Å²) in [5, 5.41) is 4.72. The van der Waals surface area contributed by atoms with Gasteiger partial charge in [-0.3, -0.25) is 15.1 Å². The van der Waals surface area contributed by atoms with Crippen LogP contribution in [0.2, 0.25) is 5.02 Å². The number of anilines is 1. The molecule has 4 rings (SSSR count). The van der Waals surface area contributed by atoms with Crippen molar-refractivity contribution < 1.29 is 4.79 Å². The smallest absolute Gasteiger partial charge is 0.260 e. The monoisotopic (exact) mass is 412 g/mol. The highest BCUT2D eigenvalue weighted by Gasteiger charge is 2.15. The van der Waals surface area contributed by atoms with E-state index in [4.69, 9.17) is 11.6 Å². The number of carbonyl (C=O) groups is 1. The highest BCUT2D eigenvalue weighted by Crippen LogP contribution is 2.29. The molecule has 0 radical (unpaired) electrons. The molecule has 0 aliphatic heterocycles. The number of nitrogens with zero attached hydrogens (tertiary/aromatic N) is 3. The highest BCUT2D eigenvalue weighted by molar-refractivity contribution is 7.98. The molecule has 1 N–H and O–H groups in total.